The van der Waals surface area contributed by atoms with E-state index in [0.717, 1.165) is 0 Å². The van der Waals surface area contributed by atoms with E-state index in [0.29, 0.717) is 0 Å². The van der Waals surface area contributed by atoms with Crippen LogP contribution in [0.4, 0.5) is 0 Å². The van der Waals surface area contributed by atoms with Crippen molar-refractivity contribution in [2.75, 3.05) is 0 Å². The number of hydrogen-bond donors (Lipinski definition) is 3. The number of hydrogen-bond acceptors (Lipinski definition) is 3. The van der Waals surface area contributed by atoms with Gasteiger partial charge in [0.25, 0.3) is 0 Å². The quantitative estimate of drug-likeness (QED) is 0.496. The molecule has 0 spiro atoms. The zero-order valence-electron chi connectivity index (χ0n) is 7.03. The Morgan fingerprint density at radius 2 is 2.00 bits per heavy atom. The molecule has 0 radical (unpaired) electrons. The summed E-state index contributed by atoms with van der Waals surface area (Å²) in [6.07, 6.45) is 0. The molecular formula is C6H14BNO3. The summed E-state index contributed by atoms with van der Waals surface area (Å²) >= 11 is 0. The highest BCUT2D eigenvalue weighted by molar-refractivity contribution is 6.46. The van der Waals surface area contributed by atoms with Crippen LogP contribution in [0.5, 0.6) is 0 Å². The first-order valence-corrected chi connectivity index (χ1v) is 3.62. The van der Waals surface area contributed by atoms with E-state index in [9.17, 15) is 4.79 Å². The molecule has 0 saturated heterocycles. The molecule has 0 aromatic rings. The zero-order valence-corrected chi connectivity index (χ0v) is 7.03. The first-order valence-electron chi connectivity index (χ1n) is 3.62. The maximum atomic E-state index is 10.5. The third-order valence-electron chi connectivity index (χ3n) is 1.35. The molecule has 0 aromatic carbocycles. The number of carbonyl (C=O) groups is 1. The van der Waals surface area contributed by atoms with E-state index in [4.69, 9.17) is 10.1 Å². The van der Waals surface area contributed by atoms with Crippen LogP contribution in [0.1, 0.15) is 13.8 Å². The van der Waals surface area contributed by atoms with Gasteiger partial charge in [0.15, 0.2) is 0 Å². The molecule has 4 nitrogen and oxygen atoms in total. The SMILES string of the molecule is CB(O)N[C@H](C(=O)O)C(C)C. The molecular weight excluding hydrogens is 145 g/mol. The fraction of sp³-hybridized carbons (Fsp3) is 0.833. The highest BCUT2D eigenvalue weighted by Gasteiger charge is 2.23. The number of nitrogens with one attached hydrogen (secondary N) is 1. The molecule has 0 fully saturated rings. The van der Waals surface area contributed by atoms with Crippen LogP contribution in [-0.2, 0) is 4.79 Å². The maximum Gasteiger partial charge on any atom is 0.374 e. The third kappa shape index (κ3) is 4.00. The summed E-state index contributed by atoms with van der Waals surface area (Å²) in [7, 11) is -0.779. The van der Waals surface area contributed by atoms with E-state index in [1.165, 1.54) is 6.82 Å². The second-order valence-corrected chi connectivity index (χ2v) is 2.90. The van der Waals surface area contributed by atoms with Crippen LogP contribution in [0.2, 0.25) is 6.82 Å². The van der Waals surface area contributed by atoms with Gasteiger partial charge in [0.2, 0.25) is 0 Å². The average Bonchev–Trinajstić information content (AvgIpc) is 1.81. The lowest BCUT2D eigenvalue weighted by Crippen LogP contribution is -2.47. The Kier molecular flexibility index (Phi) is 4.14. The van der Waals surface area contributed by atoms with E-state index >= 15 is 0 Å². The Bertz CT molecular complexity index is 138. The van der Waals surface area contributed by atoms with E-state index in [2.05, 4.69) is 5.23 Å². The lowest BCUT2D eigenvalue weighted by Gasteiger charge is -2.17. The minimum absolute atomic E-state index is 0.0258. The molecule has 5 heteroatoms. The molecule has 0 aliphatic carbocycles. The minimum atomic E-state index is -0.930. The number of carboxylic acid groups (broad SMARTS) is 1. The van der Waals surface area contributed by atoms with Gasteiger partial charge in [0, 0.05) is 0 Å². The lowest BCUT2D eigenvalue weighted by molar-refractivity contribution is -0.140. The molecule has 64 valence electrons. The molecule has 0 rings (SSSR count). The van der Waals surface area contributed by atoms with Gasteiger partial charge in [0.1, 0.15) is 6.04 Å². The van der Waals surface area contributed by atoms with Crippen LogP contribution in [0.25, 0.3) is 0 Å². The van der Waals surface area contributed by atoms with Crippen molar-refractivity contribution in [3.8, 4) is 0 Å². The van der Waals surface area contributed by atoms with E-state index in [1.54, 1.807) is 13.8 Å². The molecule has 0 saturated carbocycles. The topological polar surface area (TPSA) is 69.6 Å². The highest BCUT2D eigenvalue weighted by atomic mass is 16.4. The predicted molar refractivity (Wildman–Crippen MR) is 43.2 cm³/mol. The monoisotopic (exact) mass is 159 g/mol. The van der Waals surface area contributed by atoms with Gasteiger partial charge in [0.05, 0.1) is 0 Å². The molecule has 0 bridgehead atoms. The van der Waals surface area contributed by atoms with Crippen molar-refractivity contribution in [2.45, 2.75) is 26.7 Å². The summed E-state index contributed by atoms with van der Waals surface area (Å²) in [6.45, 7) is 5.07. The fourth-order valence-corrected chi connectivity index (χ4v) is 0.809. The Hall–Kier alpha value is -0.545. The van der Waals surface area contributed by atoms with Crippen molar-refractivity contribution in [3.63, 3.8) is 0 Å². The van der Waals surface area contributed by atoms with Gasteiger partial charge in [-0.15, -0.1) is 0 Å². The van der Waals surface area contributed by atoms with Crippen LogP contribution >= 0.6 is 0 Å². The molecule has 0 aliphatic heterocycles. The molecule has 0 aliphatic rings. The average molecular weight is 159 g/mol. The van der Waals surface area contributed by atoms with Crippen molar-refractivity contribution < 1.29 is 14.9 Å². The summed E-state index contributed by atoms with van der Waals surface area (Å²) in [5, 5.41) is 20.0. The van der Waals surface area contributed by atoms with Crippen LogP contribution in [0.15, 0.2) is 0 Å². The smallest absolute Gasteiger partial charge is 0.374 e. The summed E-state index contributed by atoms with van der Waals surface area (Å²) in [5.74, 6) is -0.956. The van der Waals surface area contributed by atoms with Crippen LogP contribution < -0.4 is 5.23 Å². The van der Waals surface area contributed by atoms with Gasteiger partial charge >= 0.3 is 13.0 Å². The molecule has 1 atom stereocenters. The van der Waals surface area contributed by atoms with Crippen molar-refractivity contribution in [3.05, 3.63) is 0 Å². The van der Waals surface area contributed by atoms with Gasteiger partial charge in [-0.05, 0) is 12.7 Å². The number of carboxylic acids is 1. The summed E-state index contributed by atoms with van der Waals surface area (Å²) < 4.78 is 0. The molecule has 0 unspecified atom stereocenters. The first-order chi connectivity index (χ1) is 4.95. The Morgan fingerprint density at radius 1 is 1.55 bits per heavy atom. The summed E-state index contributed by atoms with van der Waals surface area (Å²) in [5.41, 5.74) is 0. The minimum Gasteiger partial charge on any atom is -0.480 e. The summed E-state index contributed by atoms with van der Waals surface area (Å²) in [4.78, 5) is 10.5. The van der Waals surface area contributed by atoms with Crippen molar-refractivity contribution >= 4 is 13.0 Å². The standard InChI is InChI=1S/C6H14BNO3/c1-4(2)5(6(9)10)8-7(3)11/h4-5,8,11H,1-3H3,(H,9,10)/t5-/m0/s1. The van der Waals surface area contributed by atoms with Crippen molar-refractivity contribution in [1.82, 2.24) is 5.23 Å². The zero-order chi connectivity index (χ0) is 9.02. The van der Waals surface area contributed by atoms with Gasteiger partial charge in [-0.3, -0.25) is 4.79 Å². The van der Waals surface area contributed by atoms with Crippen molar-refractivity contribution in [2.24, 2.45) is 5.92 Å². The third-order valence-corrected chi connectivity index (χ3v) is 1.35. The van der Waals surface area contributed by atoms with Crippen molar-refractivity contribution in [1.29, 1.82) is 0 Å². The Labute approximate surface area is 66.7 Å². The molecule has 0 aromatic heterocycles. The van der Waals surface area contributed by atoms with Crippen LogP contribution in [0, 0.1) is 5.92 Å². The van der Waals surface area contributed by atoms with Crippen LogP contribution in [-0.4, -0.2) is 29.2 Å². The molecule has 11 heavy (non-hydrogen) atoms. The second kappa shape index (κ2) is 4.36. The second-order valence-electron chi connectivity index (χ2n) is 2.90. The highest BCUT2D eigenvalue weighted by Crippen LogP contribution is 2.01. The largest absolute Gasteiger partial charge is 0.480 e. The maximum absolute atomic E-state index is 10.5. The summed E-state index contributed by atoms with van der Waals surface area (Å²) in [6, 6.07) is -0.671. The lowest BCUT2D eigenvalue weighted by atomic mass is 9.85. The van der Waals surface area contributed by atoms with Gasteiger partial charge in [-0.1, -0.05) is 13.8 Å². The molecule has 0 heterocycles. The molecule has 3 N–H and O–H groups in total. The number of rotatable bonds is 4. The molecule has 0 amide bonds. The Morgan fingerprint density at radius 3 is 2.09 bits per heavy atom. The van der Waals surface area contributed by atoms with E-state index in [1.807, 2.05) is 0 Å². The van der Waals surface area contributed by atoms with E-state index < -0.39 is 19.1 Å². The normalized spacial score (nSPS) is 13.2. The number of aliphatic carboxylic acids is 1. The predicted octanol–water partition coefficient (Wildman–Crippen LogP) is -0.205. The van der Waals surface area contributed by atoms with Gasteiger partial charge in [-0.2, -0.15) is 0 Å². The van der Waals surface area contributed by atoms with Gasteiger partial charge < -0.3 is 15.4 Å². The van der Waals surface area contributed by atoms with E-state index in [-0.39, 0.29) is 5.92 Å². The first kappa shape index (κ1) is 10.5. The fourth-order valence-electron chi connectivity index (χ4n) is 0.809. The van der Waals surface area contributed by atoms with Crippen LogP contribution in [0.3, 0.4) is 0 Å². The Balaban J connectivity index is 4.01. The van der Waals surface area contributed by atoms with Gasteiger partial charge in [-0.25, -0.2) is 0 Å².